The van der Waals surface area contributed by atoms with Gasteiger partial charge in [0, 0.05) is 24.9 Å². The van der Waals surface area contributed by atoms with Crippen molar-refractivity contribution >= 4 is 23.1 Å². The molecule has 15 heavy (non-hydrogen) atoms. The van der Waals surface area contributed by atoms with Crippen LogP contribution in [0.3, 0.4) is 0 Å². The van der Waals surface area contributed by atoms with Crippen LogP contribution >= 0.6 is 23.1 Å². The zero-order chi connectivity index (χ0) is 10.9. The third-order valence-electron chi connectivity index (χ3n) is 2.19. The molecule has 2 nitrogen and oxygen atoms in total. The van der Waals surface area contributed by atoms with Gasteiger partial charge in [-0.05, 0) is 41.5 Å². The van der Waals surface area contributed by atoms with E-state index in [2.05, 4.69) is 29.1 Å². The lowest BCUT2D eigenvalue weighted by Gasteiger charge is -2.11. The van der Waals surface area contributed by atoms with Crippen LogP contribution in [0.4, 0.5) is 0 Å². The Balaban J connectivity index is 2.00. The topological polar surface area (TPSA) is 32.3 Å². The highest BCUT2D eigenvalue weighted by Gasteiger charge is 2.03. The zero-order valence-corrected chi connectivity index (χ0v) is 10.7. The lowest BCUT2D eigenvalue weighted by molar-refractivity contribution is 0.296. The van der Waals surface area contributed by atoms with Gasteiger partial charge in [0.05, 0.1) is 0 Å². The van der Waals surface area contributed by atoms with Gasteiger partial charge in [-0.2, -0.15) is 23.1 Å². The van der Waals surface area contributed by atoms with Gasteiger partial charge >= 0.3 is 0 Å². The monoisotopic (exact) mass is 245 g/mol. The third kappa shape index (κ3) is 5.56. The minimum atomic E-state index is 0.311. The smallest absolute Gasteiger partial charge is 0.0438 e. The summed E-state index contributed by atoms with van der Waals surface area (Å²) in [6, 6.07) is 2.62. The number of aliphatic hydroxyl groups excluding tert-OH is 1. The molecule has 0 aliphatic rings. The van der Waals surface area contributed by atoms with Gasteiger partial charge in [0.2, 0.25) is 0 Å². The minimum absolute atomic E-state index is 0.311. The van der Waals surface area contributed by atoms with E-state index in [0.717, 1.165) is 24.5 Å². The van der Waals surface area contributed by atoms with Gasteiger partial charge in [0.1, 0.15) is 0 Å². The van der Waals surface area contributed by atoms with Crippen molar-refractivity contribution in [3.63, 3.8) is 0 Å². The Hall–Kier alpha value is -0.0300. The van der Waals surface area contributed by atoms with E-state index in [4.69, 9.17) is 5.11 Å². The van der Waals surface area contributed by atoms with Gasteiger partial charge in [0.15, 0.2) is 0 Å². The standard InChI is InChI=1S/C11H19NOS2/c1-10(11-3-7-15-9-11)12-4-8-14-6-2-5-13/h3,7,9-10,12-13H,2,4-6,8H2,1H3. The number of thiophene rings is 1. The number of aliphatic hydroxyl groups is 1. The SMILES string of the molecule is CC(NCCSCCCO)c1ccsc1. The molecule has 0 bridgehead atoms. The van der Waals surface area contributed by atoms with Gasteiger partial charge in [-0.3, -0.25) is 0 Å². The Morgan fingerprint density at radius 1 is 1.53 bits per heavy atom. The van der Waals surface area contributed by atoms with E-state index in [1.807, 2.05) is 11.8 Å². The Labute approximate surface area is 100 Å². The van der Waals surface area contributed by atoms with Gasteiger partial charge in [-0.25, -0.2) is 0 Å². The molecule has 0 aliphatic heterocycles. The van der Waals surface area contributed by atoms with Crippen molar-refractivity contribution in [2.45, 2.75) is 19.4 Å². The van der Waals surface area contributed by atoms with Crippen molar-refractivity contribution in [2.75, 3.05) is 24.7 Å². The van der Waals surface area contributed by atoms with Crippen LogP contribution in [0.2, 0.25) is 0 Å². The second kappa shape index (κ2) is 8.16. The molecule has 86 valence electrons. The average Bonchev–Trinajstić information content (AvgIpc) is 2.76. The highest BCUT2D eigenvalue weighted by atomic mass is 32.2. The third-order valence-corrected chi connectivity index (χ3v) is 3.96. The summed E-state index contributed by atoms with van der Waals surface area (Å²) in [5, 5.41) is 16.4. The van der Waals surface area contributed by atoms with E-state index in [-0.39, 0.29) is 0 Å². The highest BCUT2D eigenvalue weighted by Crippen LogP contribution is 2.15. The van der Waals surface area contributed by atoms with E-state index in [1.54, 1.807) is 11.3 Å². The molecule has 0 aromatic carbocycles. The molecule has 0 saturated heterocycles. The molecule has 1 atom stereocenters. The number of rotatable bonds is 8. The van der Waals surface area contributed by atoms with E-state index >= 15 is 0 Å². The van der Waals surface area contributed by atoms with E-state index in [0.29, 0.717) is 12.6 Å². The van der Waals surface area contributed by atoms with Crippen LogP contribution in [0.1, 0.15) is 24.9 Å². The maximum Gasteiger partial charge on any atom is 0.0438 e. The summed E-state index contributed by atoms with van der Waals surface area (Å²) in [5.74, 6) is 2.18. The highest BCUT2D eigenvalue weighted by molar-refractivity contribution is 7.99. The molecular weight excluding hydrogens is 226 g/mol. The van der Waals surface area contributed by atoms with Crippen LogP contribution in [0, 0.1) is 0 Å². The molecule has 0 saturated carbocycles. The van der Waals surface area contributed by atoms with Gasteiger partial charge in [-0.15, -0.1) is 0 Å². The second-order valence-electron chi connectivity index (χ2n) is 3.42. The minimum Gasteiger partial charge on any atom is -0.396 e. The first kappa shape index (κ1) is 13.0. The molecule has 1 aromatic rings. The predicted molar refractivity (Wildman–Crippen MR) is 69.8 cm³/mol. The molecular formula is C11H19NOS2. The number of nitrogens with one attached hydrogen (secondary N) is 1. The predicted octanol–water partition coefficient (Wildman–Crippen LogP) is 2.51. The molecule has 0 aliphatic carbocycles. The van der Waals surface area contributed by atoms with Crippen molar-refractivity contribution in [2.24, 2.45) is 0 Å². The first-order chi connectivity index (χ1) is 7.34. The van der Waals surface area contributed by atoms with E-state index in [1.165, 1.54) is 5.56 Å². The summed E-state index contributed by atoms with van der Waals surface area (Å²) < 4.78 is 0. The first-order valence-electron chi connectivity index (χ1n) is 5.28. The number of hydrogen-bond donors (Lipinski definition) is 2. The van der Waals surface area contributed by atoms with Crippen molar-refractivity contribution in [1.29, 1.82) is 0 Å². The fraction of sp³-hybridized carbons (Fsp3) is 0.636. The van der Waals surface area contributed by atoms with Crippen LogP contribution in [0.5, 0.6) is 0 Å². The fourth-order valence-electron chi connectivity index (χ4n) is 1.26. The molecule has 1 heterocycles. The maximum atomic E-state index is 8.61. The number of thioether (sulfide) groups is 1. The molecule has 0 radical (unpaired) electrons. The molecule has 1 rings (SSSR count). The summed E-state index contributed by atoms with van der Waals surface area (Å²) in [6.45, 7) is 3.54. The van der Waals surface area contributed by atoms with E-state index < -0.39 is 0 Å². The van der Waals surface area contributed by atoms with Gasteiger partial charge in [0.25, 0.3) is 0 Å². The van der Waals surface area contributed by atoms with Crippen molar-refractivity contribution in [3.8, 4) is 0 Å². The molecule has 1 unspecified atom stereocenters. The zero-order valence-electron chi connectivity index (χ0n) is 9.11. The second-order valence-corrected chi connectivity index (χ2v) is 5.43. The average molecular weight is 245 g/mol. The summed E-state index contributed by atoms with van der Waals surface area (Å²) in [5.41, 5.74) is 1.38. The normalized spacial score (nSPS) is 12.9. The van der Waals surface area contributed by atoms with Crippen LogP contribution in [0.25, 0.3) is 0 Å². The number of hydrogen-bond acceptors (Lipinski definition) is 4. The Bertz CT molecular complexity index is 239. The molecule has 0 amide bonds. The Morgan fingerprint density at radius 2 is 2.40 bits per heavy atom. The Morgan fingerprint density at radius 3 is 3.07 bits per heavy atom. The molecule has 2 N–H and O–H groups in total. The fourth-order valence-corrected chi connectivity index (χ4v) is 2.81. The quantitative estimate of drug-likeness (QED) is 0.690. The first-order valence-corrected chi connectivity index (χ1v) is 7.38. The van der Waals surface area contributed by atoms with Crippen LogP contribution in [-0.4, -0.2) is 29.8 Å². The van der Waals surface area contributed by atoms with Gasteiger partial charge in [-0.1, -0.05) is 0 Å². The molecule has 0 fully saturated rings. The van der Waals surface area contributed by atoms with Crippen molar-refractivity contribution in [1.82, 2.24) is 5.32 Å². The van der Waals surface area contributed by atoms with Crippen LogP contribution < -0.4 is 5.32 Å². The summed E-state index contributed by atoms with van der Waals surface area (Å²) >= 11 is 3.64. The van der Waals surface area contributed by atoms with Crippen molar-refractivity contribution in [3.05, 3.63) is 22.4 Å². The van der Waals surface area contributed by atoms with Crippen LogP contribution in [0.15, 0.2) is 16.8 Å². The van der Waals surface area contributed by atoms with Crippen LogP contribution in [-0.2, 0) is 0 Å². The van der Waals surface area contributed by atoms with Gasteiger partial charge < -0.3 is 10.4 Å². The molecule has 1 aromatic heterocycles. The van der Waals surface area contributed by atoms with E-state index in [9.17, 15) is 0 Å². The summed E-state index contributed by atoms with van der Waals surface area (Å²) in [4.78, 5) is 0. The lowest BCUT2D eigenvalue weighted by atomic mass is 10.2. The lowest BCUT2D eigenvalue weighted by Crippen LogP contribution is -2.21. The molecule has 4 heteroatoms. The Kier molecular flexibility index (Phi) is 7.09. The largest absolute Gasteiger partial charge is 0.396 e. The summed E-state index contributed by atoms with van der Waals surface area (Å²) in [6.07, 6.45) is 0.907. The molecule has 0 spiro atoms. The van der Waals surface area contributed by atoms with Crippen molar-refractivity contribution < 1.29 is 5.11 Å². The summed E-state index contributed by atoms with van der Waals surface area (Å²) in [7, 11) is 0. The maximum absolute atomic E-state index is 8.61.